The standard InChI is InChI=1S/CH3Br.H3N.Sn.2H/c1-2;;;;/h1H3;1H3;;;. The van der Waals surface area contributed by atoms with E-state index >= 15 is 0 Å². The summed E-state index contributed by atoms with van der Waals surface area (Å²) in [6, 6.07) is 0. The summed E-state index contributed by atoms with van der Waals surface area (Å²) in [5, 5.41) is 0. The number of alkyl halides is 1. The van der Waals surface area contributed by atoms with Gasteiger partial charge in [-0.25, -0.2) is 0 Å². The summed E-state index contributed by atoms with van der Waals surface area (Å²) >= 11 is 2.94. The van der Waals surface area contributed by atoms with E-state index in [2.05, 4.69) is 15.9 Å². The van der Waals surface area contributed by atoms with Crippen molar-refractivity contribution in [1.29, 1.82) is 0 Å². The van der Waals surface area contributed by atoms with E-state index in [0.717, 1.165) is 0 Å². The van der Waals surface area contributed by atoms with Crippen LogP contribution < -0.4 is 6.15 Å². The summed E-state index contributed by atoms with van der Waals surface area (Å²) in [6.45, 7) is 0. The Kier molecular flexibility index (Phi) is 136. The first-order valence-electron chi connectivity index (χ1n) is 0.378. The van der Waals surface area contributed by atoms with E-state index in [1.54, 1.807) is 0 Å². The molecule has 0 spiro atoms. The fraction of sp³-hybridized carbons (Fsp3) is 1.00. The van der Waals surface area contributed by atoms with Crippen molar-refractivity contribution in [1.82, 2.24) is 6.15 Å². The predicted octanol–water partition coefficient (Wildman–Crippen LogP) is 0.257. The molecule has 0 fully saturated rings. The quantitative estimate of drug-likeness (QED) is 0.472. The van der Waals surface area contributed by atoms with Gasteiger partial charge in [-0.3, -0.25) is 0 Å². The molecule has 28 valence electrons. The van der Waals surface area contributed by atoms with Crippen molar-refractivity contribution >= 4 is 39.8 Å². The zero-order valence-electron chi connectivity index (χ0n) is 2.79. The van der Waals surface area contributed by atoms with E-state index in [1.807, 2.05) is 5.83 Å². The summed E-state index contributed by atoms with van der Waals surface area (Å²) in [4.78, 5) is 0. The van der Waals surface area contributed by atoms with Gasteiger partial charge in [0.05, 0.1) is 0 Å². The minimum absolute atomic E-state index is 0. The molecule has 2 radical (unpaired) electrons. The van der Waals surface area contributed by atoms with E-state index < -0.39 is 0 Å². The molecule has 1 nitrogen and oxygen atoms in total. The molecule has 0 aliphatic carbocycles. The molecule has 0 bridgehead atoms. The van der Waals surface area contributed by atoms with Gasteiger partial charge >= 0.3 is 23.9 Å². The van der Waals surface area contributed by atoms with Gasteiger partial charge in [0.25, 0.3) is 0 Å². The Bertz CT molecular complexity index is 8.00. The van der Waals surface area contributed by atoms with Gasteiger partial charge in [0.1, 0.15) is 0 Å². The summed E-state index contributed by atoms with van der Waals surface area (Å²) in [5.41, 5.74) is 0. The molecule has 3 N–H and O–H groups in total. The molecule has 0 saturated heterocycles. The van der Waals surface area contributed by atoms with E-state index in [1.165, 1.54) is 0 Å². The molecule has 3 heteroatoms. The minimum atomic E-state index is 0. The Labute approximate surface area is 51.8 Å². The number of hydrogen-bond acceptors (Lipinski definition) is 1. The molecule has 0 aliphatic rings. The molecule has 4 heavy (non-hydrogen) atoms. The zero-order valence-corrected chi connectivity index (χ0v) is 8.41. The van der Waals surface area contributed by atoms with Gasteiger partial charge in [-0.1, -0.05) is 15.9 Å². The van der Waals surface area contributed by atoms with E-state index in [0.29, 0.717) is 0 Å². The van der Waals surface area contributed by atoms with Crippen LogP contribution in [0.25, 0.3) is 0 Å². The Balaban J connectivity index is -0.00000000500. The summed E-state index contributed by atoms with van der Waals surface area (Å²) in [5.74, 6) is 1.81. The van der Waals surface area contributed by atoms with Crippen molar-refractivity contribution in [2.24, 2.45) is 0 Å². The van der Waals surface area contributed by atoms with Gasteiger partial charge in [-0.2, -0.15) is 0 Å². The van der Waals surface area contributed by atoms with E-state index in [4.69, 9.17) is 0 Å². The van der Waals surface area contributed by atoms with Gasteiger partial charge in [-0.15, -0.1) is 0 Å². The maximum absolute atomic E-state index is 2.94. The van der Waals surface area contributed by atoms with Gasteiger partial charge in [0, 0.05) is 0 Å². The maximum atomic E-state index is 2.94. The number of rotatable bonds is 0. The topological polar surface area (TPSA) is 35.0 Å². The van der Waals surface area contributed by atoms with Crippen molar-refractivity contribution in [3.63, 3.8) is 0 Å². The predicted molar refractivity (Wildman–Crippen MR) is 28.4 cm³/mol. The second kappa shape index (κ2) is 29.0. The second-order valence-electron chi connectivity index (χ2n) is 0. The van der Waals surface area contributed by atoms with Crippen LogP contribution in [0.4, 0.5) is 0 Å². The molecule has 0 unspecified atom stereocenters. The summed E-state index contributed by atoms with van der Waals surface area (Å²) in [6.07, 6.45) is 0. The Morgan fingerprint density at radius 2 is 1.25 bits per heavy atom. The van der Waals surface area contributed by atoms with Crippen LogP contribution in [0.5, 0.6) is 0 Å². The average Bonchev–Trinajstić information content (AvgIpc) is 1.00. The van der Waals surface area contributed by atoms with Crippen molar-refractivity contribution in [2.45, 2.75) is 0 Å². The summed E-state index contributed by atoms with van der Waals surface area (Å²) < 4.78 is 0. The van der Waals surface area contributed by atoms with Crippen LogP contribution in [-0.4, -0.2) is 29.7 Å². The molecule has 0 saturated carbocycles. The van der Waals surface area contributed by atoms with Crippen molar-refractivity contribution in [2.75, 3.05) is 5.83 Å². The van der Waals surface area contributed by atoms with Gasteiger partial charge < -0.3 is 6.15 Å². The van der Waals surface area contributed by atoms with Crippen molar-refractivity contribution < 1.29 is 0 Å². The van der Waals surface area contributed by atoms with Crippen LogP contribution in [0.3, 0.4) is 0 Å². The molecule has 0 atom stereocenters. The van der Waals surface area contributed by atoms with Gasteiger partial charge in [-0.05, 0) is 5.83 Å². The molecule has 0 aliphatic heterocycles. The first-order chi connectivity index (χ1) is 1.00. The van der Waals surface area contributed by atoms with Gasteiger partial charge in [0.2, 0.25) is 0 Å². The van der Waals surface area contributed by atoms with E-state index in [-0.39, 0.29) is 30.1 Å². The Hall–Kier alpha value is 1.24. The van der Waals surface area contributed by atoms with Crippen LogP contribution in [0.2, 0.25) is 0 Å². The van der Waals surface area contributed by atoms with Crippen molar-refractivity contribution in [3.8, 4) is 0 Å². The fourth-order valence-electron chi connectivity index (χ4n) is 0. The van der Waals surface area contributed by atoms with Gasteiger partial charge in [0.15, 0.2) is 0 Å². The monoisotopic (exact) mass is 233 g/mol. The molecule has 0 heterocycles. The van der Waals surface area contributed by atoms with E-state index in [9.17, 15) is 0 Å². The van der Waals surface area contributed by atoms with Crippen LogP contribution in [0.1, 0.15) is 0 Å². The molecule has 0 aromatic rings. The molecule has 0 rings (SSSR count). The SMILES string of the molecule is CBr.N.[SnH2]. The average molecular weight is 233 g/mol. The molecule has 0 aromatic heterocycles. The zero-order chi connectivity index (χ0) is 2.00. The van der Waals surface area contributed by atoms with Crippen molar-refractivity contribution in [3.05, 3.63) is 0 Å². The third kappa shape index (κ3) is 10.6. The van der Waals surface area contributed by atoms with Crippen LogP contribution in [-0.2, 0) is 0 Å². The molecule has 0 aromatic carbocycles. The van der Waals surface area contributed by atoms with Crippen LogP contribution in [0, 0.1) is 0 Å². The molecular weight excluding hydrogens is 225 g/mol. The molecule has 0 amide bonds. The third-order valence-corrected chi connectivity index (χ3v) is 0. The fourth-order valence-corrected chi connectivity index (χ4v) is 0. The Morgan fingerprint density at radius 3 is 1.25 bits per heavy atom. The van der Waals surface area contributed by atoms with Crippen LogP contribution >= 0.6 is 15.9 Å². The molecular formula is CH8BrNSn. The number of hydrogen-bond donors (Lipinski definition) is 1. The third-order valence-electron chi connectivity index (χ3n) is 0. The second-order valence-corrected chi connectivity index (χ2v) is 0. The first-order valence-corrected chi connectivity index (χ1v) is 1.96. The van der Waals surface area contributed by atoms with Crippen LogP contribution in [0.15, 0.2) is 0 Å². The number of halogens is 1. The first kappa shape index (κ1) is 18.8. The summed E-state index contributed by atoms with van der Waals surface area (Å²) in [7, 11) is 0. The normalized spacial score (nSPS) is 1.50. The Morgan fingerprint density at radius 1 is 1.25 bits per heavy atom.